The molecule has 5 heteroatoms. The molecule has 3 saturated carbocycles. The van der Waals surface area contributed by atoms with Crippen molar-refractivity contribution in [3.63, 3.8) is 0 Å². The normalized spacial score (nSPS) is 43.6. The molecule has 5 nitrogen and oxygen atoms in total. The maximum Gasteiger partial charge on any atom is 0.303 e. The Hall–Kier alpha value is -1.23. The van der Waals surface area contributed by atoms with E-state index in [0.717, 1.165) is 32.0 Å². The molecule has 3 aliphatic rings. The number of aliphatic carboxylic acids is 1. The average Bonchev–Trinajstić information content (AvgIpc) is 3.11. The highest BCUT2D eigenvalue weighted by molar-refractivity contribution is 5.86. The van der Waals surface area contributed by atoms with Crippen LogP contribution in [0.2, 0.25) is 0 Å². The van der Waals surface area contributed by atoms with E-state index in [2.05, 4.69) is 20.8 Å². The number of carbonyl (C=O) groups is 3. The largest absolute Gasteiger partial charge is 0.481 e. The number of fused-ring (bicyclic) bond motifs is 1. The molecule has 0 bridgehead atoms. The van der Waals surface area contributed by atoms with Gasteiger partial charge in [0.25, 0.3) is 0 Å². The Balaban J connectivity index is 1.82. The lowest BCUT2D eigenvalue weighted by atomic mass is 9.51. The van der Waals surface area contributed by atoms with E-state index in [0.29, 0.717) is 48.9 Å². The number of rotatable bonds is 7. The molecular weight excluding hydrogens is 368 g/mol. The molecule has 0 radical (unpaired) electrons. The second-order valence-electron chi connectivity index (χ2n) is 10.5. The predicted octanol–water partition coefficient (Wildman–Crippen LogP) is 4.11. The molecule has 3 rings (SSSR count). The van der Waals surface area contributed by atoms with Crippen molar-refractivity contribution in [2.75, 3.05) is 0 Å². The summed E-state index contributed by atoms with van der Waals surface area (Å²) in [7, 11) is 0. The quantitative estimate of drug-likeness (QED) is 0.621. The summed E-state index contributed by atoms with van der Waals surface area (Å²) in [6, 6.07) is 0. The van der Waals surface area contributed by atoms with Crippen molar-refractivity contribution in [1.82, 2.24) is 0 Å². The van der Waals surface area contributed by atoms with Crippen LogP contribution >= 0.6 is 0 Å². The minimum absolute atomic E-state index is 0.173. The van der Waals surface area contributed by atoms with Gasteiger partial charge in [0.2, 0.25) is 0 Å². The zero-order valence-electron chi connectivity index (χ0n) is 18.2. The molecule has 8 unspecified atom stereocenters. The Kier molecular flexibility index (Phi) is 6.87. The summed E-state index contributed by atoms with van der Waals surface area (Å²) in [5.74, 6) is 2.21. The van der Waals surface area contributed by atoms with E-state index in [-0.39, 0.29) is 30.5 Å². The summed E-state index contributed by atoms with van der Waals surface area (Å²) in [6.45, 7) is 6.57. The molecule has 0 aromatic heterocycles. The van der Waals surface area contributed by atoms with Gasteiger partial charge in [0.15, 0.2) is 0 Å². The fourth-order valence-electron chi connectivity index (χ4n) is 7.42. The van der Waals surface area contributed by atoms with E-state index >= 15 is 0 Å². The second kappa shape index (κ2) is 8.87. The van der Waals surface area contributed by atoms with E-state index in [1.807, 2.05) is 0 Å². The van der Waals surface area contributed by atoms with Gasteiger partial charge in [-0.05, 0) is 80.0 Å². The third-order valence-corrected chi connectivity index (χ3v) is 8.96. The van der Waals surface area contributed by atoms with Crippen LogP contribution in [0.5, 0.6) is 0 Å². The fourth-order valence-corrected chi connectivity index (χ4v) is 7.42. The van der Waals surface area contributed by atoms with Crippen LogP contribution in [-0.4, -0.2) is 34.4 Å². The summed E-state index contributed by atoms with van der Waals surface area (Å²) in [5.41, 5.74) is -0.431. The first-order valence-electron chi connectivity index (χ1n) is 11.6. The Labute approximate surface area is 174 Å². The van der Waals surface area contributed by atoms with E-state index in [9.17, 15) is 19.5 Å². The summed E-state index contributed by atoms with van der Waals surface area (Å²) in [5, 5.41) is 19.0. The van der Waals surface area contributed by atoms with Gasteiger partial charge in [0.05, 0.1) is 6.10 Å². The molecule has 0 spiro atoms. The first-order chi connectivity index (χ1) is 13.7. The van der Waals surface area contributed by atoms with Crippen LogP contribution < -0.4 is 0 Å². The third kappa shape index (κ3) is 4.30. The van der Waals surface area contributed by atoms with Crippen molar-refractivity contribution in [3.8, 4) is 0 Å². The van der Waals surface area contributed by atoms with Crippen molar-refractivity contribution in [3.05, 3.63) is 0 Å². The highest BCUT2D eigenvalue weighted by atomic mass is 16.4. The van der Waals surface area contributed by atoms with Gasteiger partial charge in [-0.15, -0.1) is 0 Å². The lowest BCUT2D eigenvalue weighted by molar-refractivity contribution is -0.145. The van der Waals surface area contributed by atoms with Crippen LogP contribution in [0, 0.1) is 46.8 Å². The SMILES string of the molecule is CC(CCC(=O)O)C1CCC2C(CC=O)C(C3(C)CCC(O)CC3=O)C[C@@H](C)C12. The maximum absolute atomic E-state index is 13.0. The number of Topliss-reactive ketones (excluding diaryl/α,β-unsaturated/α-hetero) is 1. The number of aliphatic hydroxyl groups excluding tert-OH is 1. The topological polar surface area (TPSA) is 91.7 Å². The summed E-state index contributed by atoms with van der Waals surface area (Å²) >= 11 is 0. The molecule has 0 heterocycles. The molecular formula is C24H38O5. The highest BCUT2D eigenvalue weighted by Gasteiger charge is 2.56. The number of hydrogen-bond acceptors (Lipinski definition) is 4. The zero-order valence-corrected chi connectivity index (χ0v) is 18.2. The smallest absolute Gasteiger partial charge is 0.303 e. The number of aldehydes is 1. The highest BCUT2D eigenvalue weighted by Crippen LogP contribution is 2.60. The van der Waals surface area contributed by atoms with Gasteiger partial charge < -0.3 is 15.0 Å². The lowest BCUT2D eigenvalue weighted by Gasteiger charge is -2.53. The molecule has 9 atom stereocenters. The number of carboxylic acids is 1. The maximum atomic E-state index is 13.0. The average molecular weight is 407 g/mol. The molecule has 0 amide bonds. The number of aliphatic hydroxyl groups is 1. The summed E-state index contributed by atoms with van der Waals surface area (Å²) in [4.78, 5) is 35.6. The van der Waals surface area contributed by atoms with Gasteiger partial charge in [0, 0.05) is 24.7 Å². The van der Waals surface area contributed by atoms with Gasteiger partial charge in [0.1, 0.15) is 12.1 Å². The standard InChI is InChI=1S/C24H38O5/c1-14(4-7-22(28)29)17-5-6-19-18(9-11-25)20(12-15(2)23(17)19)24(3)10-8-16(26)13-21(24)27/h11,14-20,23,26H,4-10,12-13H2,1-3H3,(H,28,29)/t14?,15-,16?,17?,18?,19?,20?,23?,24?/m1/s1. The summed E-state index contributed by atoms with van der Waals surface area (Å²) < 4.78 is 0. The van der Waals surface area contributed by atoms with Crippen LogP contribution in [0.15, 0.2) is 0 Å². The molecule has 0 aliphatic heterocycles. The number of ketones is 1. The fraction of sp³-hybridized carbons (Fsp3) is 0.875. The van der Waals surface area contributed by atoms with Crippen LogP contribution in [0.3, 0.4) is 0 Å². The monoisotopic (exact) mass is 406 g/mol. The Bertz CT molecular complexity index is 631. The van der Waals surface area contributed by atoms with Crippen LogP contribution in [0.4, 0.5) is 0 Å². The Morgan fingerprint density at radius 3 is 2.66 bits per heavy atom. The second-order valence-corrected chi connectivity index (χ2v) is 10.5. The molecule has 0 aromatic rings. The van der Waals surface area contributed by atoms with E-state index < -0.39 is 17.5 Å². The molecule has 0 saturated heterocycles. The van der Waals surface area contributed by atoms with Gasteiger partial charge in [-0.25, -0.2) is 0 Å². The minimum Gasteiger partial charge on any atom is -0.481 e. The van der Waals surface area contributed by atoms with E-state index in [1.165, 1.54) is 0 Å². The van der Waals surface area contributed by atoms with Gasteiger partial charge >= 0.3 is 5.97 Å². The number of carboxylic acid groups (broad SMARTS) is 1. The van der Waals surface area contributed by atoms with Crippen molar-refractivity contribution >= 4 is 18.0 Å². The summed E-state index contributed by atoms with van der Waals surface area (Å²) in [6.07, 6.45) is 6.75. The molecule has 3 fully saturated rings. The van der Waals surface area contributed by atoms with Crippen LogP contribution in [-0.2, 0) is 14.4 Å². The molecule has 2 N–H and O–H groups in total. The van der Waals surface area contributed by atoms with Crippen molar-refractivity contribution in [1.29, 1.82) is 0 Å². The van der Waals surface area contributed by atoms with Gasteiger partial charge in [-0.2, -0.15) is 0 Å². The first-order valence-corrected chi connectivity index (χ1v) is 11.6. The predicted molar refractivity (Wildman–Crippen MR) is 110 cm³/mol. The van der Waals surface area contributed by atoms with Crippen molar-refractivity contribution < 1.29 is 24.6 Å². The van der Waals surface area contributed by atoms with Gasteiger partial charge in [-0.3, -0.25) is 9.59 Å². The molecule has 3 aliphatic carbocycles. The lowest BCUT2D eigenvalue weighted by Crippen LogP contribution is -2.51. The first kappa shape index (κ1) is 22.5. The van der Waals surface area contributed by atoms with Crippen LogP contribution in [0.25, 0.3) is 0 Å². The third-order valence-electron chi connectivity index (χ3n) is 8.96. The van der Waals surface area contributed by atoms with Gasteiger partial charge in [-0.1, -0.05) is 20.8 Å². The Morgan fingerprint density at radius 2 is 2.03 bits per heavy atom. The van der Waals surface area contributed by atoms with Crippen molar-refractivity contribution in [2.45, 2.75) is 84.7 Å². The molecule has 0 aromatic carbocycles. The number of carbonyl (C=O) groups excluding carboxylic acids is 2. The minimum atomic E-state index is -0.729. The Morgan fingerprint density at radius 1 is 1.31 bits per heavy atom. The van der Waals surface area contributed by atoms with E-state index in [1.54, 1.807) is 0 Å². The molecule has 29 heavy (non-hydrogen) atoms. The van der Waals surface area contributed by atoms with Crippen molar-refractivity contribution in [2.24, 2.45) is 46.8 Å². The van der Waals surface area contributed by atoms with E-state index in [4.69, 9.17) is 5.11 Å². The number of hydrogen-bond donors (Lipinski definition) is 2. The zero-order chi connectivity index (χ0) is 21.3. The van der Waals surface area contributed by atoms with Crippen LogP contribution in [0.1, 0.15) is 78.6 Å². The molecule has 164 valence electrons.